The van der Waals surface area contributed by atoms with Crippen LogP contribution >= 0.6 is 11.6 Å². The molecule has 10 heteroatoms. The van der Waals surface area contributed by atoms with E-state index in [1.165, 1.54) is 36.4 Å². The van der Waals surface area contributed by atoms with E-state index in [1.807, 2.05) is 6.92 Å². The molecule has 2 unspecified atom stereocenters. The summed E-state index contributed by atoms with van der Waals surface area (Å²) < 4.78 is 55.7. The minimum atomic E-state index is -4.88. The van der Waals surface area contributed by atoms with Crippen molar-refractivity contribution in [2.75, 3.05) is 0 Å². The number of halogens is 5. The van der Waals surface area contributed by atoms with E-state index in [2.05, 4.69) is 0 Å². The first-order chi connectivity index (χ1) is 17.4. The zero-order chi connectivity index (χ0) is 27.1. The molecule has 37 heavy (non-hydrogen) atoms. The van der Waals surface area contributed by atoms with Gasteiger partial charge in [0.2, 0.25) is 5.69 Å². The Labute approximate surface area is 214 Å². The first kappa shape index (κ1) is 26.6. The Kier molecular flexibility index (Phi) is 7.28. The molecule has 3 aromatic rings. The van der Waals surface area contributed by atoms with E-state index in [0.717, 1.165) is 18.7 Å². The number of carboxylic acids is 1. The van der Waals surface area contributed by atoms with E-state index in [0.29, 0.717) is 28.7 Å². The molecule has 0 amide bonds. The molecule has 1 aliphatic rings. The van der Waals surface area contributed by atoms with Gasteiger partial charge in [0.15, 0.2) is 12.0 Å². The standard InChI is InChI=1S/C27H22ClF4NO4/c1-14-10-18(14)12-19(23(34)11-15-2-4-16(5-3-15)26(35)36)22-9-6-17(13-33(22)37)24-20(27(30,31)32)7-8-21(28)25(24)29/h2-9,13-14,18-19H,10-12H2,1H3,(H,35,36)/t14?,18?,19-/m1/s1. The molecule has 0 radical (unpaired) electrons. The molecule has 1 fully saturated rings. The molecule has 1 aliphatic carbocycles. The minimum Gasteiger partial charge on any atom is -0.618 e. The number of benzene rings is 2. The van der Waals surface area contributed by atoms with Crippen molar-refractivity contribution in [2.24, 2.45) is 11.8 Å². The van der Waals surface area contributed by atoms with E-state index in [4.69, 9.17) is 16.7 Å². The second kappa shape index (κ2) is 10.1. The molecule has 194 valence electrons. The molecule has 5 nitrogen and oxygen atoms in total. The topological polar surface area (TPSA) is 81.3 Å². The van der Waals surface area contributed by atoms with E-state index >= 15 is 0 Å². The van der Waals surface area contributed by atoms with Gasteiger partial charge in [0, 0.05) is 18.1 Å². The Morgan fingerprint density at radius 1 is 1.14 bits per heavy atom. The van der Waals surface area contributed by atoms with Crippen LogP contribution in [0.1, 0.15) is 52.9 Å². The van der Waals surface area contributed by atoms with Crippen LogP contribution in [-0.4, -0.2) is 16.9 Å². The second-order valence-electron chi connectivity index (χ2n) is 9.36. The number of aromatic nitrogens is 1. The molecule has 0 saturated heterocycles. The number of aromatic carboxylic acids is 1. The molecule has 0 bridgehead atoms. The van der Waals surface area contributed by atoms with Crippen LogP contribution < -0.4 is 4.73 Å². The number of alkyl halides is 3. The lowest BCUT2D eigenvalue weighted by molar-refractivity contribution is -0.614. The fourth-order valence-corrected chi connectivity index (χ4v) is 4.67. The monoisotopic (exact) mass is 535 g/mol. The summed E-state index contributed by atoms with van der Waals surface area (Å²) in [5, 5.41) is 21.6. The smallest absolute Gasteiger partial charge is 0.417 e. The highest BCUT2D eigenvalue weighted by Gasteiger charge is 2.40. The summed E-state index contributed by atoms with van der Waals surface area (Å²) in [5.41, 5.74) is -1.75. The number of rotatable bonds is 8. The lowest BCUT2D eigenvalue weighted by Crippen LogP contribution is -2.36. The molecular formula is C27H22ClF4NO4. The second-order valence-corrected chi connectivity index (χ2v) is 9.76. The molecule has 2 aromatic carbocycles. The quantitative estimate of drug-likeness (QED) is 0.204. The number of hydrogen-bond donors (Lipinski definition) is 1. The van der Waals surface area contributed by atoms with Crippen LogP contribution in [0.3, 0.4) is 0 Å². The lowest BCUT2D eigenvalue weighted by atomic mass is 9.88. The molecule has 0 spiro atoms. The van der Waals surface area contributed by atoms with Crippen molar-refractivity contribution in [2.45, 2.75) is 38.3 Å². The molecule has 4 rings (SSSR count). The Bertz CT molecular complexity index is 1360. The van der Waals surface area contributed by atoms with Crippen LogP contribution in [0.5, 0.6) is 0 Å². The minimum absolute atomic E-state index is 0.0472. The van der Waals surface area contributed by atoms with Crippen LogP contribution in [0.25, 0.3) is 11.1 Å². The van der Waals surface area contributed by atoms with Gasteiger partial charge in [0.05, 0.1) is 21.7 Å². The average Bonchev–Trinajstić information content (AvgIpc) is 3.53. The summed E-state index contributed by atoms with van der Waals surface area (Å²) in [6.45, 7) is 2.02. The van der Waals surface area contributed by atoms with Gasteiger partial charge >= 0.3 is 12.1 Å². The summed E-state index contributed by atoms with van der Waals surface area (Å²) in [5.74, 6) is -2.94. The van der Waals surface area contributed by atoms with E-state index in [-0.39, 0.29) is 34.9 Å². The molecule has 1 N–H and O–H groups in total. The maximum absolute atomic E-state index is 14.7. The van der Waals surface area contributed by atoms with Crippen molar-refractivity contribution < 1.29 is 37.0 Å². The molecule has 3 atom stereocenters. The van der Waals surface area contributed by atoms with Crippen molar-refractivity contribution in [3.8, 4) is 11.1 Å². The van der Waals surface area contributed by atoms with Gasteiger partial charge in [0.25, 0.3) is 0 Å². The molecule has 1 saturated carbocycles. The van der Waals surface area contributed by atoms with Crippen LogP contribution in [-0.2, 0) is 17.4 Å². The molecular weight excluding hydrogens is 514 g/mol. The van der Waals surface area contributed by atoms with Gasteiger partial charge in [-0.05, 0) is 60.6 Å². The van der Waals surface area contributed by atoms with Gasteiger partial charge in [-0.25, -0.2) is 9.18 Å². The van der Waals surface area contributed by atoms with E-state index in [1.54, 1.807) is 0 Å². The molecule has 1 aromatic heterocycles. The van der Waals surface area contributed by atoms with Crippen LogP contribution in [0.2, 0.25) is 5.02 Å². The van der Waals surface area contributed by atoms with Crippen LogP contribution in [0.15, 0.2) is 54.7 Å². The average molecular weight is 536 g/mol. The maximum atomic E-state index is 14.7. The third-order valence-electron chi connectivity index (χ3n) is 6.77. The van der Waals surface area contributed by atoms with Gasteiger partial charge in [-0.2, -0.15) is 17.9 Å². The van der Waals surface area contributed by atoms with Crippen molar-refractivity contribution in [3.63, 3.8) is 0 Å². The van der Waals surface area contributed by atoms with Crippen molar-refractivity contribution in [3.05, 3.63) is 93.2 Å². The van der Waals surface area contributed by atoms with Gasteiger partial charge in [-0.1, -0.05) is 30.7 Å². The van der Waals surface area contributed by atoms with Gasteiger partial charge < -0.3 is 10.3 Å². The normalized spacial score (nSPS) is 17.9. The predicted octanol–water partition coefficient (Wildman–Crippen LogP) is 6.44. The Hall–Kier alpha value is -3.46. The van der Waals surface area contributed by atoms with Gasteiger partial charge in [-0.3, -0.25) is 4.79 Å². The summed E-state index contributed by atoms with van der Waals surface area (Å²) in [6, 6.07) is 9.70. The summed E-state index contributed by atoms with van der Waals surface area (Å²) in [7, 11) is 0. The summed E-state index contributed by atoms with van der Waals surface area (Å²) in [4.78, 5) is 24.4. The molecule has 1 heterocycles. The summed E-state index contributed by atoms with van der Waals surface area (Å²) in [6.07, 6.45) is -2.85. The fourth-order valence-electron chi connectivity index (χ4n) is 4.52. The largest absolute Gasteiger partial charge is 0.618 e. The van der Waals surface area contributed by atoms with Gasteiger partial charge in [0.1, 0.15) is 11.7 Å². The maximum Gasteiger partial charge on any atom is 0.417 e. The first-order valence-corrected chi connectivity index (χ1v) is 11.9. The number of hydrogen-bond acceptors (Lipinski definition) is 3. The van der Waals surface area contributed by atoms with E-state index in [9.17, 15) is 32.4 Å². The van der Waals surface area contributed by atoms with Crippen LogP contribution in [0, 0.1) is 22.9 Å². The van der Waals surface area contributed by atoms with Crippen molar-refractivity contribution in [1.82, 2.24) is 0 Å². The number of Topliss-reactive ketones (excluding diaryl/α,β-unsaturated/α-hetero) is 1. The number of carbonyl (C=O) groups excluding carboxylic acids is 1. The molecule has 0 aliphatic heterocycles. The Morgan fingerprint density at radius 3 is 2.32 bits per heavy atom. The Morgan fingerprint density at radius 2 is 1.78 bits per heavy atom. The first-order valence-electron chi connectivity index (χ1n) is 11.5. The number of carboxylic acid groups (broad SMARTS) is 1. The zero-order valence-corrected chi connectivity index (χ0v) is 20.3. The van der Waals surface area contributed by atoms with E-state index < -0.39 is 40.0 Å². The number of nitrogens with zero attached hydrogens (tertiary/aromatic N) is 1. The lowest BCUT2D eigenvalue weighted by Gasteiger charge is -2.18. The zero-order valence-electron chi connectivity index (χ0n) is 19.6. The number of ketones is 1. The third-order valence-corrected chi connectivity index (χ3v) is 7.06. The Balaban J connectivity index is 1.69. The highest BCUT2D eigenvalue weighted by molar-refractivity contribution is 6.31. The third kappa shape index (κ3) is 5.77. The van der Waals surface area contributed by atoms with Gasteiger partial charge in [-0.15, -0.1) is 0 Å². The number of carbonyl (C=O) groups is 2. The van der Waals surface area contributed by atoms with Crippen LogP contribution in [0.4, 0.5) is 17.6 Å². The predicted molar refractivity (Wildman–Crippen MR) is 128 cm³/mol. The highest BCUT2D eigenvalue weighted by Crippen LogP contribution is 2.45. The summed E-state index contributed by atoms with van der Waals surface area (Å²) >= 11 is 5.73. The van der Waals surface area contributed by atoms with Crippen molar-refractivity contribution in [1.29, 1.82) is 0 Å². The SMILES string of the molecule is CC1CC1C[C@@H](C(=O)Cc1ccc(C(=O)O)cc1)c1ccc(-c2c(C(F)(F)F)ccc(Cl)c2F)c[n+]1[O-]. The van der Waals surface area contributed by atoms with Crippen molar-refractivity contribution >= 4 is 23.4 Å². The highest BCUT2D eigenvalue weighted by atomic mass is 35.5. The number of pyridine rings is 1. The fraction of sp³-hybridized carbons (Fsp3) is 0.296.